The van der Waals surface area contributed by atoms with E-state index in [1.54, 1.807) is 0 Å². The maximum absolute atomic E-state index is 12.5. The van der Waals surface area contributed by atoms with Gasteiger partial charge in [-0.25, -0.2) is 9.67 Å². The van der Waals surface area contributed by atoms with Gasteiger partial charge in [-0.2, -0.15) is 5.10 Å². The first kappa shape index (κ1) is 22.0. The van der Waals surface area contributed by atoms with Crippen molar-refractivity contribution < 1.29 is 4.79 Å². The minimum atomic E-state index is 0.0101. The fraction of sp³-hybridized carbons (Fsp3) is 0.269. The van der Waals surface area contributed by atoms with Crippen LogP contribution in [-0.4, -0.2) is 20.7 Å². The maximum atomic E-state index is 12.5. The molecule has 2 aromatic carbocycles. The number of aryl methyl sites for hydroxylation is 4. The van der Waals surface area contributed by atoms with Gasteiger partial charge in [0.15, 0.2) is 5.65 Å². The monoisotopic (exact) mass is 446 g/mol. The van der Waals surface area contributed by atoms with Gasteiger partial charge < -0.3 is 5.32 Å². The van der Waals surface area contributed by atoms with E-state index in [0.717, 1.165) is 44.8 Å². The molecule has 2 aromatic heterocycles. The van der Waals surface area contributed by atoms with E-state index < -0.39 is 0 Å². The SMILES string of the molecule is Cc1ccc(-n2nc(C)c3c(C)c(CCC(=O)NCc4cccc(Cl)c4)c(C)nc32)cc1. The molecule has 0 fully saturated rings. The van der Waals surface area contributed by atoms with E-state index in [-0.39, 0.29) is 5.91 Å². The lowest BCUT2D eigenvalue weighted by Crippen LogP contribution is -2.23. The van der Waals surface area contributed by atoms with E-state index in [1.807, 2.05) is 42.8 Å². The third-order valence-electron chi connectivity index (χ3n) is 5.83. The number of pyridine rings is 1. The topological polar surface area (TPSA) is 59.8 Å². The van der Waals surface area contributed by atoms with Crippen LogP contribution in [0.25, 0.3) is 16.7 Å². The van der Waals surface area contributed by atoms with E-state index in [1.165, 1.54) is 5.56 Å². The van der Waals surface area contributed by atoms with E-state index >= 15 is 0 Å². The molecule has 1 N–H and O–H groups in total. The molecule has 0 radical (unpaired) electrons. The van der Waals surface area contributed by atoms with Crippen molar-refractivity contribution >= 4 is 28.5 Å². The molecule has 0 aliphatic rings. The van der Waals surface area contributed by atoms with Gasteiger partial charge >= 0.3 is 0 Å². The molecule has 0 bridgehead atoms. The van der Waals surface area contributed by atoms with Gasteiger partial charge in [-0.3, -0.25) is 4.79 Å². The van der Waals surface area contributed by atoms with Crippen molar-refractivity contribution in [2.24, 2.45) is 0 Å². The number of carbonyl (C=O) groups excluding carboxylic acids is 1. The Bertz CT molecular complexity index is 1290. The summed E-state index contributed by atoms with van der Waals surface area (Å²) in [5.74, 6) is 0.0101. The summed E-state index contributed by atoms with van der Waals surface area (Å²) in [5, 5.41) is 9.47. The van der Waals surface area contributed by atoms with Crippen LogP contribution in [0.4, 0.5) is 0 Å². The number of benzene rings is 2. The van der Waals surface area contributed by atoms with Crippen LogP contribution in [0.2, 0.25) is 5.02 Å². The number of hydrogen-bond donors (Lipinski definition) is 1. The first-order chi connectivity index (χ1) is 15.3. The molecule has 0 saturated heterocycles. The summed E-state index contributed by atoms with van der Waals surface area (Å²) in [6, 6.07) is 15.8. The molecule has 6 heteroatoms. The second-order valence-corrected chi connectivity index (χ2v) is 8.68. The molecule has 0 atom stereocenters. The number of aromatic nitrogens is 3. The van der Waals surface area contributed by atoms with Crippen LogP contribution < -0.4 is 5.32 Å². The average Bonchev–Trinajstić information content (AvgIpc) is 3.08. The normalized spacial score (nSPS) is 11.2. The Morgan fingerprint density at radius 3 is 2.50 bits per heavy atom. The van der Waals surface area contributed by atoms with E-state index in [2.05, 4.69) is 43.4 Å². The first-order valence-electron chi connectivity index (χ1n) is 10.8. The zero-order valence-electron chi connectivity index (χ0n) is 18.9. The van der Waals surface area contributed by atoms with Gasteiger partial charge in [0.05, 0.1) is 11.4 Å². The third kappa shape index (κ3) is 4.53. The Balaban J connectivity index is 1.54. The second-order valence-electron chi connectivity index (χ2n) is 8.24. The molecule has 4 aromatic rings. The number of nitrogens with zero attached hydrogens (tertiary/aromatic N) is 3. The predicted molar refractivity (Wildman–Crippen MR) is 129 cm³/mol. The first-order valence-corrected chi connectivity index (χ1v) is 11.1. The smallest absolute Gasteiger partial charge is 0.220 e. The zero-order valence-corrected chi connectivity index (χ0v) is 19.6. The van der Waals surface area contributed by atoms with Gasteiger partial charge in [0, 0.05) is 29.1 Å². The minimum Gasteiger partial charge on any atom is -0.352 e. The number of halogens is 1. The van der Waals surface area contributed by atoms with Crippen molar-refractivity contribution in [1.82, 2.24) is 20.1 Å². The van der Waals surface area contributed by atoms with Crippen LogP contribution in [-0.2, 0) is 17.8 Å². The number of rotatable bonds is 6. The highest BCUT2D eigenvalue weighted by Crippen LogP contribution is 2.28. The number of fused-ring (bicyclic) bond motifs is 1. The Morgan fingerprint density at radius 2 is 1.78 bits per heavy atom. The molecule has 0 spiro atoms. The van der Waals surface area contributed by atoms with Crippen LogP contribution in [0.5, 0.6) is 0 Å². The summed E-state index contributed by atoms with van der Waals surface area (Å²) >= 11 is 6.02. The summed E-state index contributed by atoms with van der Waals surface area (Å²) < 4.78 is 1.91. The number of nitrogens with one attached hydrogen (secondary N) is 1. The van der Waals surface area contributed by atoms with Crippen LogP contribution in [0.1, 0.15) is 40.1 Å². The lowest BCUT2D eigenvalue weighted by atomic mass is 9.99. The highest BCUT2D eigenvalue weighted by atomic mass is 35.5. The van der Waals surface area contributed by atoms with Gasteiger partial charge in [-0.1, -0.05) is 41.4 Å². The Morgan fingerprint density at radius 1 is 1.03 bits per heavy atom. The summed E-state index contributed by atoms with van der Waals surface area (Å²) in [5.41, 5.74) is 8.18. The molecule has 32 heavy (non-hydrogen) atoms. The molecule has 0 aliphatic heterocycles. The van der Waals surface area contributed by atoms with E-state index in [9.17, 15) is 4.79 Å². The van der Waals surface area contributed by atoms with Crippen molar-refractivity contribution in [3.05, 3.63) is 87.2 Å². The van der Waals surface area contributed by atoms with Crippen molar-refractivity contribution in [1.29, 1.82) is 0 Å². The largest absolute Gasteiger partial charge is 0.352 e. The third-order valence-corrected chi connectivity index (χ3v) is 6.07. The lowest BCUT2D eigenvalue weighted by molar-refractivity contribution is -0.121. The summed E-state index contributed by atoms with van der Waals surface area (Å²) in [7, 11) is 0. The Hall–Kier alpha value is -3.18. The number of carbonyl (C=O) groups is 1. The van der Waals surface area contributed by atoms with Gasteiger partial charge in [-0.05, 0) is 75.1 Å². The highest BCUT2D eigenvalue weighted by molar-refractivity contribution is 6.30. The van der Waals surface area contributed by atoms with E-state index in [4.69, 9.17) is 21.7 Å². The van der Waals surface area contributed by atoms with Crippen LogP contribution in [0, 0.1) is 27.7 Å². The quantitative estimate of drug-likeness (QED) is 0.422. The Kier molecular flexibility index (Phi) is 6.28. The molecular weight excluding hydrogens is 420 g/mol. The number of amides is 1. The van der Waals surface area contributed by atoms with Gasteiger partial charge in [0.1, 0.15) is 0 Å². The highest BCUT2D eigenvalue weighted by Gasteiger charge is 2.18. The van der Waals surface area contributed by atoms with Crippen molar-refractivity contribution in [3.8, 4) is 5.69 Å². The lowest BCUT2D eigenvalue weighted by Gasteiger charge is -2.12. The van der Waals surface area contributed by atoms with Crippen molar-refractivity contribution in [3.63, 3.8) is 0 Å². The fourth-order valence-electron chi connectivity index (χ4n) is 4.11. The van der Waals surface area contributed by atoms with Crippen LogP contribution in [0.15, 0.2) is 48.5 Å². The predicted octanol–water partition coefficient (Wildman–Crippen LogP) is 5.56. The summed E-state index contributed by atoms with van der Waals surface area (Å²) in [4.78, 5) is 17.4. The minimum absolute atomic E-state index is 0.0101. The molecule has 5 nitrogen and oxygen atoms in total. The summed E-state index contributed by atoms with van der Waals surface area (Å²) in [6.45, 7) is 8.66. The van der Waals surface area contributed by atoms with Gasteiger partial charge in [-0.15, -0.1) is 0 Å². The number of hydrogen-bond acceptors (Lipinski definition) is 3. The second kappa shape index (κ2) is 9.13. The standard InChI is InChI=1S/C26H27ClN4O/c1-16-8-10-22(11-9-16)31-26-25(19(4)30-31)17(2)23(18(3)29-26)12-13-24(32)28-15-20-6-5-7-21(27)14-20/h5-11,14H,12-13,15H2,1-4H3,(H,28,32). The van der Waals surface area contributed by atoms with Crippen LogP contribution in [0.3, 0.4) is 0 Å². The molecule has 0 unspecified atom stereocenters. The molecular formula is C26H27ClN4O. The molecule has 1 amide bonds. The summed E-state index contributed by atoms with van der Waals surface area (Å²) in [6.07, 6.45) is 1.04. The molecule has 2 heterocycles. The molecule has 4 rings (SSSR count). The molecule has 0 saturated carbocycles. The van der Waals surface area contributed by atoms with Crippen LogP contribution >= 0.6 is 11.6 Å². The van der Waals surface area contributed by atoms with Gasteiger partial charge in [0.2, 0.25) is 5.91 Å². The van der Waals surface area contributed by atoms with E-state index in [0.29, 0.717) is 24.4 Å². The Labute approximate surface area is 193 Å². The van der Waals surface area contributed by atoms with Crippen molar-refractivity contribution in [2.75, 3.05) is 0 Å². The van der Waals surface area contributed by atoms with Gasteiger partial charge in [0.25, 0.3) is 0 Å². The average molecular weight is 447 g/mol. The molecule has 0 aliphatic carbocycles. The van der Waals surface area contributed by atoms with Crippen molar-refractivity contribution in [2.45, 2.75) is 47.1 Å². The molecule has 164 valence electrons. The zero-order chi connectivity index (χ0) is 22.8. The maximum Gasteiger partial charge on any atom is 0.220 e. The fourth-order valence-corrected chi connectivity index (χ4v) is 4.33.